The first-order chi connectivity index (χ1) is 6.13. The fourth-order valence-corrected chi connectivity index (χ4v) is 1.28. The highest BCUT2D eigenvalue weighted by Crippen LogP contribution is 2.07. The lowest BCUT2D eigenvalue weighted by Gasteiger charge is -2.06. The van der Waals surface area contributed by atoms with Gasteiger partial charge in [-0.25, -0.2) is 9.97 Å². The largest absolute Gasteiger partial charge is 0.238 e. The predicted octanol–water partition coefficient (Wildman–Crippen LogP) is 2.35. The molecule has 2 nitrogen and oxygen atoms in total. The van der Waals surface area contributed by atoms with Gasteiger partial charge in [0.1, 0.15) is 5.82 Å². The molecule has 0 spiro atoms. The van der Waals surface area contributed by atoms with Gasteiger partial charge in [-0.15, -0.1) is 0 Å². The van der Waals surface area contributed by atoms with Crippen molar-refractivity contribution in [3.63, 3.8) is 0 Å². The average molecular weight is 177 g/mol. The lowest BCUT2D eigenvalue weighted by Crippen LogP contribution is -2.04. The number of aryl methyl sites for hydroxylation is 2. The summed E-state index contributed by atoms with van der Waals surface area (Å²) in [6.45, 7) is 8.48. The van der Waals surface area contributed by atoms with Gasteiger partial charge in [0.25, 0.3) is 0 Å². The van der Waals surface area contributed by atoms with E-state index in [1.807, 2.05) is 6.92 Å². The van der Waals surface area contributed by atoms with Crippen LogP contribution in [0.3, 0.4) is 0 Å². The van der Waals surface area contributed by atoms with E-state index in [4.69, 9.17) is 0 Å². The number of aromatic nitrogens is 2. The molecule has 1 radical (unpaired) electrons. The van der Waals surface area contributed by atoms with Gasteiger partial charge in [-0.2, -0.15) is 0 Å². The summed E-state index contributed by atoms with van der Waals surface area (Å²) in [5.74, 6) is 1.54. The SMILES string of the molecule is CCc1nc(CC(C)C)n[c]c1C. The second-order valence-electron chi connectivity index (χ2n) is 3.77. The van der Waals surface area contributed by atoms with Crippen molar-refractivity contribution in [2.24, 2.45) is 5.92 Å². The molecule has 71 valence electrons. The summed E-state index contributed by atoms with van der Waals surface area (Å²) in [5, 5.41) is 0. The summed E-state index contributed by atoms with van der Waals surface area (Å²) < 4.78 is 0. The van der Waals surface area contributed by atoms with E-state index < -0.39 is 0 Å². The number of rotatable bonds is 3. The highest BCUT2D eigenvalue weighted by Gasteiger charge is 2.04. The third-order valence-electron chi connectivity index (χ3n) is 1.98. The highest BCUT2D eigenvalue weighted by atomic mass is 14.9. The van der Waals surface area contributed by atoms with Crippen LogP contribution in [-0.4, -0.2) is 9.97 Å². The molecule has 0 saturated carbocycles. The van der Waals surface area contributed by atoms with Crippen molar-refractivity contribution in [3.8, 4) is 0 Å². The number of hydrogen-bond donors (Lipinski definition) is 0. The first-order valence-corrected chi connectivity index (χ1v) is 4.87. The van der Waals surface area contributed by atoms with E-state index in [2.05, 4.69) is 36.9 Å². The molecule has 1 rings (SSSR count). The topological polar surface area (TPSA) is 25.8 Å². The van der Waals surface area contributed by atoms with E-state index in [0.29, 0.717) is 5.92 Å². The van der Waals surface area contributed by atoms with Crippen LogP contribution in [0.15, 0.2) is 0 Å². The Bertz CT molecular complexity index is 279. The molecule has 0 aliphatic rings. The Kier molecular flexibility index (Phi) is 3.40. The average Bonchev–Trinajstić information content (AvgIpc) is 2.07. The Morgan fingerprint density at radius 3 is 2.62 bits per heavy atom. The van der Waals surface area contributed by atoms with Gasteiger partial charge in [0.15, 0.2) is 0 Å². The summed E-state index contributed by atoms with van der Waals surface area (Å²) in [6.07, 6.45) is 4.93. The molecule has 0 unspecified atom stereocenters. The summed E-state index contributed by atoms with van der Waals surface area (Å²) in [5.41, 5.74) is 2.21. The van der Waals surface area contributed by atoms with Crippen LogP contribution >= 0.6 is 0 Å². The van der Waals surface area contributed by atoms with E-state index >= 15 is 0 Å². The van der Waals surface area contributed by atoms with Crippen molar-refractivity contribution in [1.29, 1.82) is 0 Å². The molecule has 0 saturated heterocycles. The van der Waals surface area contributed by atoms with Gasteiger partial charge < -0.3 is 0 Å². The maximum Gasteiger partial charge on any atom is 0.129 e. The molecule has 1 heterocycles. The Labute approximate surface area is 80.4 Å². The van der Waals surface area contributed by atoms with Crippen molar-refractivity contribution in [2.75, 3.05) is 0 Å². The first-order valence-electron chi connectivity index (χ1n) is 4.87. The summed E-state index contributed by atoms with van der Waals surface area (Å²) in [4.78, 5) is 8.68. The lowest BCUT2D eigenvalue weighted by atomic mass is 10.1. The third kappa shape index (κ3) is 2.79. The van der Waals surface area contributed by atoms with Crippen LogP contribution in [0.2, 0.25) is 0 Å². The molecule has 0 aliphatic heterocycles. The zero-order valence-corrected chi connectivity index (χ0v) is 8.89. The predicted molar refractivity (Wildman–Crippen MR) is 53.5 cm³/mol. The van der Waals surface area contributed by atoms with Gasteiger partial charge in [0, 0.05) is 12.1 Å². The minimum Gasteiger partial charge on any atom is -0.238 e. The molecule has 13 heavy (non-hydrogen) atoms. The van der Waals surface area contributed by atoms with Crippen molar-refractivity contribution >= 4 is 0 Å². The number of nitrogens with zero attached hydrogens (tertiary/aromatic N) is 2. The van der Waals surface area contributed by atoms with Crippen LogP contribution in [0, 0.1) is 19.0 Å². The smallest absolute Gasteiger partial charge is 0.129 e. The standard InChI is InChI=1S/C11H17N2/c1-5-10-9(4)7-12-11(13-10)6-8(2)3/h8H,5-6H2,1-4H3. The van der Waals surface area contributed by atoms with Gasteiger partial charge in [0.05, 0.1) is 6.20 Å². The summed E-state index contributed by atoms with van der Waals surface area (Å²) in [7, 11) is 0. The molecular weight excluding hydrogens is 160 g/mol. The Hall–Kier alpha value is -0.920. The van der Waals surface area contributed by atoms with E-state index in [9.17, 15) is 0 Å². The van der Waals surface area contributed by atoms with Crippen molar-refractivity contribution in [2.45, 2.75) is 40.5 Å². The van der Waals surface area contributed by atoms with E-state index in [1.165, 1.54) is 0 Å². The first kappa shape index (κ1) is 10.2. The molecule has 2 heteroatoms. The van der Waals surface area contributed by atoms with E-state index in [1.54, 1.807) is 0 Å². The fourth-order valence-electron chi connectivity index (χ4n) is 1.28. The van der Waals surface area contributed by atoms with Crippen LogP contribution < -0.4 is 0 Å². The van der Waals surface area contributed by atoms with Crippen LogP contribution in [0.25, 0.3) is 0 Å². The Morgan fingerprint density at radius 2 is 2.08 bits per heavy atom. The van der Waals surface area contributed by atoms with Crippen molar-refractivity contribution in [1.82, 2.24) is 9.97 Å². The molecule has 0 atom stereocenters. The molecule has 0 N–H and O–H groups in total. The van der Waals surface area contributed by atoms with Gasteiger partial charge in [-0.3, -0.25) is 0 Å². The second-order valence-corrected chi connectivity index (χ2v) is 3.77. The fraction of sp³-hybridized carbons (Fsp3) is 0.636. The van der Waals surface area contributed by atoms with Gasteiger partial charge in [-0.05, 0) is 24.8 Å². The Morgan fingerprint density at radius 1 is 1.38 bits per heavy atom. The van der Waals surface area contributed by atoms with Crippen LogP contribution in [0.5, 0.6) is 0 Å². The molecule has 0 amide bonds. The highest BCUT2D eigenvalue weighted by molar-refractivity contribution is 5.14. The Balaban J connectivity index is 2.86. The van der Waals surface area contributed by atoms with Crippen LogP contribution in [0.1, 0.15) is 37.9 Å². The van der Waals surface area contributed by atoms with E-state index in [-0.39, 0.29) is 0 Å². The lowest BCUT2D eigenvalue weighted by molar-refractivity contribution is 0.616. The maximum atomic E-state index is 4.49. The summed E-state index contributed by atoms with van der Waals surface area (Å²) >= 11 is 0. The van der Waals surface area contributed by atoms with Gasteiger partial charge in [-0.1, -0.05) is 20.8 Å². The minimum absolute atomic E-state index is 0.612. The van der Waals surface area contributed by atoms with Crippen LogP contribution in [0.4, 0.5) is 0 Å². The quantitative estimate of drug-likeness (QED) is 0.708. The monoisotopic (exact) mass is 177 g/mol. The second kappa shape index (κ2) is 4.35. The minimum atomic E-state index is 0.612. The summed E-state index contributed by atoms with van der Waals surface area (Å²) in [6, 6.07) is 0. The van der Waals surface area contributed by atoms with E-state index in [0.717, 1.165) is 29.9 Å². The van der Waals surface area contributed by atoms with Crippen LogP contribution in [-0.2, 0) is 12.8 Å². The molecular formula is C11H17N2. The van der Waals surface area contributed by atoms with Gasteiger partial charge >= 0.3 is 0 Å². The van der Waals surface area contributed by atoms with Crippen molar-refractivity contribution < 1.29 is 0 Å². The zero-order chi connectivity index (χ0) is 9.84. The molecule has 1 aromatic rings. The number of hydrogen-bond acceptors (Lipinski definition) is 2. The zero-order valence-electron chi connectivity index (χ0n) is 8.89. The van der Waals surface area contributed by atoms with Gasteiger partial charge in [0.2, 0.25) is 0 Å². The molecule has 0 fully saturated rings. The normalized spacial score (nSPS) is 10.8. The molecule has 0 bridgehead atoms. The molecule has 1 aromatic heterocycles. The molecule has 0 aromatic carbocycles. The maximum absolute atomic E-state index is 4.49. The van der Waals surface area contributed by atoms with Crippen molar-refractivity contribution in [3.05, 3.63) is 23.3 Å². The molecule has 0 aliphatic carbocycles. The third-order valence-corrected chi connectivity index (χ3v) is 1.98.